The molecule has 0 saturated carbocycles. The van der Waals surface area contributed by atoms with Crippen LogP contribution in [0.5, 0.6) is 5.75 Å². The van der Waals surface area contributed by atoms with Gasteiger partial charge in [0.2, 0.25) is 0 Å². The van der Waals surface area contributed by atoms with Crippen molar-refractivity contribution >= 4 is 0 Å². The smallest absolute Gasteiger partial charge is 0.137 e. The molecule has 17 heavy (non-hydrogen) atoms. The maximum absolute atomic E-state index is 5.68. The second kappa shape index (κ2) is 6.00. The Morgan fingerprint density at radius 1 is 1.29 bits per heavy atom. The highest BCUT2D eigenvalue weighted by atomic mass is 16.5. The van der Waals surface area contributed by atoms with Crippen molar-refractivity contribution in [2.24, 2.45) is 5.73 Å². The van der Waals surface area contributed by atoms with Crippen LogP contribution >= 0.6 is 0 Å². The van der Waals surface area contributed by atoms with E-state index < -0.39 is 0 Å². The third-order valence-electron chi connectivity index (χ3n) is 2.45. The van der Waals surface area contributed by atoms with Crippen LogP contribution in [0.1, 0.15) is 12.0 Å². The maximum Gasteiger partial charge on any atom is 0.137 e. The number of hydrogen-bond acceptors (Lipinski definition) is 4. The first kappa shape index (κ1) is 11.6. The van der Waals surface area contributed by atoms with Crippen molar-refractivity contribution in [3.05, 3.63) is 42.5 Å². The van der Waals surface area contributed by atoms with E-state index in [0.29, 0.717) is 13.2 Å². The van der Waals surface area contributed by atoms with E-state index in [-0.39, 0.29) is 0 Å². The monoisotopic (exact) mass is 232 g/mol. The van der Waals surface area contributed by atoms with Gasteiger partial charge in [-0.15, -0.1) is 0 Å². The van der Waals surface area contributed by atoms with Gasteiger partial charge in [-0.2, -0.15) is 5.10 Å². The number of hydrogen-bond donors (Lipinski definition) is 1. The van der Waals surface area contributed by atoms with Crippen molar-refractivity contribution in [3.63, 3.8) is 0 Å². The summed E-state index contributed by atoms with van der Waals surface area (Å²) in [7, 11) is 0. The Morgan fingerprint density at radius 3 is 2.94 bits per heavy atom. The molecule has 2 N–H and O–H groups in total. The topological polar surface area (TPSA) is 66.0 Å². The van der Waals surface area contributed by atoms with E-state index in [1.54, 1.807) is 11.0 Å². The quantitative estimate of drug-likeness (QED) is 0.760. The molecular formula is C12H16N4O. The standard InChI is InChI=1S/C12H16N4O/c13-8-11-4-1-2-5-12(11)17-7-3-6-16-10-14-9-15-16/h1-2,4-5,9-10H,3,6-8,13H2. The summed E-state index contributed by atoms with van der Waals surface area (Å²) in [6.07, 6.45) is 4.13. The van der Waals surface area contributed by atoms with Gasteiger partial charge < -0.3 is 10.5 Å². The van der Waals surface area contributed by atoms with Crippen LogP contribution in [0.4, 0.5) is 0 Å². The maximum atomic E-state index is 5.68. The van der Waals surface area contributed by atoms with Gasteiger partial charge in [0, 0.05) is 25.1 Å². The third kappa shape index (κ3) is 3.29. The van der Waals surface area contributed by atoms with Gasteiger partial charge in [-0.3, -0.25) is 4.68 Å². The fourth-order valence-electron chi connectivity index (χ4n) is 1.57. The molecule has 90 valence electrons. The second-order valence-electron chi connectivity index (χ2n) is 3.67. The SMILES string of the molecule is NCc1ccccc1OCCCn1cncn1. The Hall–Kier alpha value is -1.88. The molecule has 1 aromatic carbocycles. The van der Waals surface area contributed by atoms with Gasteiger partial charge in [-0.1, -0.05) is 18.2 Å². The van der Waals surface area contributed by atoms with E-state index in [1.807, 2.05) is 24.3 Å². The van der Waals surface area contributed by atoms with Crippen LogP contribution in [0.2, 0.25) is 0 Å². The van der Waals surface area contributed by atoms with Crippen molar-refractivity contribution in [2.45, 2.75) is 19.5 Å². The molecule has 0 aliphatic carbocycles. The van der Waals surface area contributed by atoms with Gasteiger partial charge in [0.1, 0.15) is 18.4 Å². The summed E-state index contributed by atoms with van der Waals surface area (Å²) < 4.78 is 7.47. The van der Waals surface area contributed by atoms with Crippen LogP contribution in [0.15, 0.2) is 36.9 Å². The number of aromatic nitrogens is 3. The lowest BCUT2D eigenvalue weighted by atomic mass is 10.2. The van der Waals surface area contributed by atoms with Crippen LogP contribution < -0.4 is 10.5 Å². The Bertz CT molecular complexity index is 442. The molecule has 0 aliphatic rings. The third-order valence-corrected chi connectivity index (χ3v) is 2.45. The van der Waals surface area contributed by atoms with E-state index in [0.717, 1.165) is 24.3 Å². The van der Waals surface area contributed by atoms with Crippen molar-refractivity contribution in [2.75, 3.05) is 6.61 Å². The normalized spacial score (nSPS) is 10.4. The molecule has 0 spiro atoms. The van der Waals surface area contributed by atoms with E-state index in [1.165, 1.54) is 6.33 Å². The van der Waals surface area contributed by atoms with E-state index in [9.17, 15) is 0 Å². The molecule has 5 heteroatoms. The lowest BCUT2D eigenvalue weighted by Gasteiger charge is -2.09. The van der Waals surface area contributed by atoms with Crippen LogP contribution in [-0.2, 0) is 13.1 Å². The summed E-state index contributed by atoms with van der Waals surface area (Å²) in [6.45, 7) is 1.96. The highest BCUT2D eigenvalue weighted by Crippen LogP contribution is 2.17. The van der Waals surface area contributed by atoms with Crippen LogP contribution in [0.25, 0.3) is 0 Å². The van der Waals surface area contributed by atoms with Gasteiger partial charge >= 0.3 is 0 Å². The molecule has 1 aromatic heterocycles. The number of aryl methyl sites for hydroxylation is 1. The number of para-hydroxylation sites is 1. The summed E-state index contributed by atoms with van der Waals surface area (Å²) >= 11 is 0. The minimum atomic E-state index is 0.499. The first-order chi connectivity index (χ1) is 8.40. The van der Waals surface area contributed by atoms with Crippen LogP contribution in [0.3, 0.4) is 0 Å². The molecule has 0 fully saturated rings. The molecule has 0 atom stereocenters. The van der Waals surface area contributed by atoms with Gasteiger partial charge in [0.25, 0.3) is 0 Å². The molecule has 0 saturated heterocycles. The zero-order valence-electron chi connectivity index (χ0n) is 9.62. The lowest BCUT2D eigenvalue weighted by Crippen LogP contribution is -2.07. The minimum absolute atomic E-state index is 0.499. The number of nitrogens with zero attached hydrogens (tertiary/aromatic N) is 3. The largest absolute Gasteiger partial charge is 0.493 e. The van der Waals surface area contributed by atoms with E-state index in [2.05, 4.69) is 10.1 Å². The molecule has 5 nitrogen and oxygen atoms in total. The zero-order valence-corrected chi connectivity index (χ0v) is 9.62. The van der Waals surface area contributed by atoms with E-state index in [4.69, 9.17) is 10.5 Å². The average Bonchev–Trinajstić information content (AvgIpc) is 2.88. The first-order valence-electron chi connectivity index (χ1n) is 5.63. The summed E-state index contributed by atoms with van der Waals surface area (Å²) in [5.74, 6) is 0.869. The van der Waals surface area contributed by atoms with Crippen molar-refractivity contribution in [1.29, 1.82) is 0 Å². The van der Waals surface area contributed by atoms with E-state index >= 15 is 0 Å². The fraction of sp³-hybridized carbons (Fsp3) is 0.333. The lowest BCUT2D eigenvalue weighted by molar-refractivity contribution is 0.296. The van der Waals surface area contributed by atoms with Gasteiger partial charge in [0.15, 0.2) is 0 Å². The van der Waals surface area contributed by atoms with Crippen molar-refractivity contribution in [3.8, 4) is 5.75 Å². The Morgan fingerprint density at radius 2 is 2.18 bits per heavy atom. The first-order valence-corrected chi connectivity index (χ1v) is 5.63. The number of ether oxygens (including phenoxy) is 1. The summed E-state index contributed by atoms with van der Waals surface area (Å²) in [6, 6.07) is 7.83. The summed E-state index contributed by atoms with van der Waals surface area (Å²) in [5.41, 5.74) is 6.67. The molecule has 2 rings (SSSR count). The zero-order chi connectivity index (χ0) is 11.9. The average molecular weight is 232 g/mol. The predicted octanol–water partition coefficient (Wildman–Crippen LogP) is 1.21. The number of benzene rings is 1. The molecule has 1 heterocycles. The molecular weight excluding hydrogens is 216 g/mol. The highest BCUT2D eigenvalue weighted by molar-refractivity contribution is 5.32. The molecule has 0 unspecified atom stereocenters. The van der Waals surface area contributed by atoms with Crippen LogP contribution in [0, 0.1) is 0 Å². The summed E-state index contributed by atoms with van der Waals surface area (Å²) in [5, 5.41) is 4.02. The van der Waals surface area contributed by atoms with Crippen LogP contribution in [-0.4, -0.2) is 21.4 Å². The highest BCUT2D eigenvalue weighted by Gasteiger charge is 2.00. The van der Waals surface area contributed by atoms with Gasteiger partial charge in [-0.25, -0.2) is 4.98 Å². The second-order valence-corrected chi connectivity index (χ2v) is 3.67. The Labute approximate surface area is 100 Å². The minimum Gasteiger partial charge on any atom is -0.493 e. The Kier molecular flexibility index (Phi) is 4.10. The fourth-order valence-corrected chi connectivity index (χ4v) is 1.57. The molecule has 2 aromatic rings. The van der Waals surface area contributed by atoms with Crippen molar-refractivity contribution < 1.29 is 4.74 Å². The Balaban J connectivity index is 1.78. The molecule has 0 aliphatic heterocycles. The number of nitrogens with two attached hydrogens (primary N) is 1. The predicted molar refractivity (Wildman–Crippen MR) is 64.5 cm³/mol. The summed E-state index contributed by atoms with van der Waals surface area (Å²) in [4.78, 5) is 3.88. The molecule has 0 bridgehead atoms. The van der Waals surface area contributed by atoms with Gasteiger partial charge in [-0.05, 0) is 6.07 Å². The molecule has 0 radical (unpaired) electrons. The number of rotatable bonds is 6. The van der Waals surface area contributed by atoms with Crippen molar-refractivity contribution in [1.82, 2.24) is 14.8 Å². The molecule has 0 amide bonds. The van der Waals surface area contributed by atoms with Gasteiger partial charge in [0.05, 0.1) is 6.61 Å².